The van der Waals surface area contributed by atoms with E-state index in [-0.39, 0.29) is 5.56 Å². The van der Waals surface area contributed by atoms with Crippen LogP contribution < -0.4 is 10.3 Å². The summed E-state index contributed by atoms with van der Waals surface area (Å²) in [5.41, 5.74) is 4.11. The Labute approximate surface area is 217 Å². The van der Waals surface area contributed by atoms with Crippen molar-refractivity contribution in [1.82, 2.24) is 14.8 Å². The van der Waals surface area contributed by atoms with Gasteiger partial charge in [0.05, 0.1) is 32.9 Å². The largest absolute Gasteiger partial charge is 0.457 e. The minimum Gasteiger partial charge on any atom is -0.457 e. The fourth-order valence-corrected chi connectivity index (χ4v) is 5.07. The molecule has 0 bridgehead atoms. The molecule has 0 spiro atoms. The van der Waals surface area contributed by atoms with Crippen LogP contribution in [0.4, 0.5) is 5.69 Å². The lowest BCUT2D eigenvalue weighted by Crippen LogP contribution is -2.19. The number of fused-ring (bicyclic) bond motifs is 1. The number of thiazole rings is 1. The topological polar surface area (TPSA) is 72.3 Å². The standard InChI is InChI=1S/C30H22N4O2S/c1-20(31-22-16-18-24(19-17-22)36-23-12-6-3-7-13-23)27-28(21-10-4-2-5-11-21)33-34(29(27)35)30-32-25-14-8-9-15-26(25)37-30/h2-19,33H,1H3. The molecule has 0 radical (unpaired) electrons. The highest BCUT2D eigenvalue weighted by Crippen LogP contribution is 2.28. The molecule has 0 aliphatic heterocycles. The van der Waals surface area contributed by atoms with E-state index in [0.717, 1.165) is 27.2 Å². The van der Waals surface area contributed by atoms with E-state index in [1.165, 1.54) is 16.0 Å². The van der Waals surface area contributed by atoms with Crippen molar-refractivity contribution in [3.8, 4) is 27.9 Å². The van der Waals surface area contributed by atoms with Crippen LogP contribution in [0.1, 0.15) is 12.5 Å². The summed E-state index contributed by atoms with van der Waals surface area (Å²) >= 11 is 1.47. The van der Waals surface area contributed by atoms with Crippen LogP contribution in [0.15, 0.2) is 119 Å². The van der Waals surface area contributed by atoms with E-state index in [4.69, 9.17) is 9.73 Å². The zero-order valence-corrected chi connectivity index (χ0v) is 20.8. The van der Waals surface area contributed by atoms with Crippen molar-refractivity contribution in [1.29, 1.82) is 0 Å². The molecule has 180 valence electrons. The molecule has 4 aromatic carbocycles. The van der Waals surface area contributed by atoms with Crippen molar-refractivity contribution in [3.63, 3.8) is 0 Å². The number of H-pyrrole nitrogens is 1. The minimum atomic E-state index is -0.191. The Bertz CT molecular complexity index is 1730. The van der Waals surface area contributed by atoms with Gasteiger partial charge in [-0.25, -0.2) is 4.98 Å². The van der Waals surface area contributed by atoms with Gasteiger partial charge >= 0.3 is 0 Å². The van der Waals surface area contributed by atoms with Gasteiger partial charge in [0.15, 0.2) is 0 Å². The van der Waals surface area contributed by atoms with Crippen LogP contribution in [0.3, 0.4) is 0 Å². The molecule has 0 saturated carbocycles. The summed E-state index contributed by atoms with van der Waals surface area (Å²) in [6.45, 7) is 1.86. The number of aliphatic imine (C=N–C) groups is 1. The Hall–Kier alpha value is -4.75. The molecule has 7 heteroatoms. The van der Waals surface area contributed by atoms with Gasteiger partial charge in [0.1, 0.15) is 11.5 Å². The van der Waals surface area contributed by atoms with Gasteiger partial charge in [0.2, 0.25) is 5.13 Å². The van der Waals surface area contributed by atoms with E-state index in [1.807, 2.05) is 116 Å². The molecule has 37 heavy (non-hydrogen) atoms. The Kier molecular flexibility index (Phi) is 5.96. The maximum atomic E-state index is 13.7. The van der Waals surface area contributed by atoms with E-state index in [9.17, 15) is 4.79 Å². The lowest BCUT2D eigenvalue weighted by atomic mass is 10.1. The van der Waals surface area contributed by atoms with Crippen LogP contribution in [0.25, 0.3) is 26.6 Å². The average Bonchev–Trinajstić information content (AvgIpc) is 3.52. The molecule has 0 aliphatic rings. The van der Waals surface area contributed by atoms with Gasteiger partial charge in [-0.3, -0.25) is 14.9 Å². The summed E-state index contributed by atoms with van der Waals surface area (Å²) in [6, 6.07) is 34.8. The predicted molar refractivity (Wildman–Crippen MR) is 150 cm³/mol. The minimum absolute atomic E-state index is 0.191. The van der Waals surface area contributed by atoms with Crippen LogP contribution in [-0.2, 0) is 0 Å². The molecule has 0 fully saturated rings. The summed E-state index contributed by atoms with van der Waals surface area (Å²) in [6.07, 6.45) is 0. The number of hydrogen-bond acceptors (Lipinski definition) is 5. The lowest BCUT2D eigenvalue weighted by Gasteiger charge is -2.06. The first kappa shape index (κ1) is 22.7. The monoisotopic (exact) mass is 502 g/mol. The first-order chi connectivity index (χ1) is 18.2. The van der Waals surface area contributed by atoms with Gasteiger partial charge in [-0.05, 0) is 55.5 Å². The van der Waals surface area contributed by atoms with E-state index in [1.54, 1.807) is 0 Å². The molecule has 0 aliphatic carbocycles. The summed E-state index contributed by atoms with van der Waals surface area (Å²) in [7, 11) is 0. The molecule has 6 aromatic rings. The fourth-order valence-electron chi connectivity index (χ4n) is 4.14. The molecule has 6 nitrogen and oxygen atoms in total. The predicted octanol–water partition coefficient (Wildman–Crippen LogP) is 7.38. The maximum Gasteiger partial charge on any atom is 0.283 e. The molecular weight excluding hydrogens is 480 g/mol. The van der Waals surface area contributed by atoms with Gasteiger partial charge < -0.3 is 4.74 Å². The van der Waals surface area contributed by atoms with Crippen molar-refractivity contribution in [3.05, 3.63) is 125 Å². The third kappa shape index (κ3) is 4.60. The summed E-state index contributed by atoms with van der Waals surface area (Å²) in [5, 5.41) is 3.89. The molecule has 2 aromatic heterocycles. The molecule has 0 amide bonds. The van der Waals surface area contributed by atoms with Crippen molar-refractivity contribution in [2.24, 2.45) is 4.99 Å². The maximum absolute atomic E-state index is 13.7. The van der Waals surface area contributed by atoms with Crippen molar-refractivity contribution in [2.45, 2.75) is 6.92 Å². The molecule has 0 unspecified atom stereocenters. The van der Waals surface area contributed by atoms with Crippen molar-refractivity contribution >= 4 is 33.0 Å². The van der Waals surface area contributed by atoms with Crippen LogP contribution in [-0.4, -0.2) is 20.5 Å². The van der Waals surface area contributed by atoms with E-state index >= 15 is 0 Å². The van der Waals surface area contributed by atoms with Crippen molar-refractivity contribution in [2.75, 3.05) is 0 Å². The zero-order chi connectivity index (χ0) is 25.2. The summed E-state index contributed by atoms with van der Waals surface area (Å²) in [5.74, 6) is 1.48. The quantitative estimate of drug-likeness (QED) is 0.242. The fraction of sp³-hybridized carbons (Fsp3) is 0.0333. The van der Waals surface area contributed by atoms with E-state index in [2.05, 4.69) is 10.1 Å². The van der Waals surface area contributed by atoms with Crippen LogP contribution in [0, 0.1) is 0 Å². The second-order valence-electron chi connectivity index (χ2n) is 8.44. The van der Waals surface area contributed by atoms with Crippen LogP contribution in [0.2, 0.25) is 0 Å². The molecular formula is C30H22N4O2S. The Morgan fingerprint density at radius 3 is 2.22 bits per heavy atom. The first-order valence-electron chi connectivity index (χ1n) is 11.8. The third-order valence-corrected chi connectivity index (χ3v) is 6.92. The van der Waals surface area contributed by atoms with E-state index in [0.29, 0.717) is 27.9 Å². The Morgan fingerprint density at radius 1 is 0.838 bits per heavy atom. The Balaban J connectivity index is 1.39. The number of rotatable bonds is 6. The number of para-hydroxylation sites is 2. The number of nitrogens with one attached hydrogen (secondary N) is 1. The molecule has 0 saturated heterocycles. The van der Waals surface area contributed by atoms with Gasteiger partial charge in [-0.1, -0.05) is 72.0 Å². The second kappa shape index (κ2) is 9.72. The number of hydrogen-bond donors (Lipinski definition) is 1. The van der Waals surface area contributed by atoms with Crippen molar-refractivity contribution < 1.29 is 4.74 Å². The average molecular weight is 503 g/mol. The third-order valence-electron chi connectivity index (χ3n) is 5.90. The second-order valence-corrected chi connectivity index (χ2v) is 9.45. The highest BCUT2D eigenvalue weighted by molar-refractivity contribution is 7.20. The van der Waals surface area contributed by atoms with Gasteiger partial charge in [0.25, 0.3) is 5.56 Å². The first-order valence-corrected chi connectivity index (χ1v) is 12.6. The highest BCUT2D eigenvalue weighted by Gasteiger charge is 2.21. The highest BCUT2D eigenvalue weighted by atomic mass is 32.1. The van der Waals surface area contributed by atoms with Crippen LogP contribution >= 0.6 is 11.3 Å². The summed E-state index contributed by atoms with van der Waals surface area (Å²) in [4.78, 5) is 23.2. The SMILES string of the molecule is CC(=Nc1ccc(Oc2ccccc2)cc1)c1c(-c2ccccc2)[nH]n(-c2nc3ccccc3s2)c1=O. The molecule has 2 heterocycles. The summed E-state index contributed by atoms with van der Waals surface area (Å²) < 4.78 is 8.41. The van der Waals surface area contributed by atoms with Gasteiger partial charge in [0, 0.05) is 5.56 Å². The number of aromatic amines is 1. The molecule has 6 rings (SSSR count). The number of aromatic nitrogens is 3. The zero-order valence-electron chi connectivity index (χ0n) is 20.0. The number of nitrogens with zero attached hydrogens (tertiary/aromatic N) is 3. The van der Waals surface area contributed by atoms with Gasteiger partial charge in [-0.2, -0.15) is 4.68 Å². The lowest BCUT2D eigenvalue weighted by molar-refractivity contribution is 0.483. The number of ether oxygens (including phenoxy) is 1. The number of benzene rings is 4. The molecule has 1 N–H and O–H groups in total. The molecule has 0 atom stereocenters. The normalized spacial score (nSPS) is 11.6. The smallest absolute Gasteiger partial charge is 0.283 e. The Morgan fingerprint density at radius 2 is 1.49 bits per heavy atom. The van der Waals surface area contributed by atoms with E-state index < -0.39 is 0 Å². The van der Waals surface area contributed by atoms with Crippen LogP contribution in [0.5, 0.6) is 11.5 Å². The van der Waals surface area contributed by atoms with Gasteiger partial charge in [-0.15, -0.1) is 0 Å².